The minimum absolute atomic E-state index is 0.00248. The monoisotopic (exact) mass is 284 g/mol. The number of amides is 1. The lowest BCUT2D eigenvalue weighted by molar-refractivity contribution is 0.0953. The van der Waals surface area contributed by atoms with E-state index in [1.165, 1.54) is 6.39 Å². The number of hydrogen-bond acceptors (Lipinski definition) is 4. The molecule has 21 heavy (non-hydrogen) atoms. The van der Waals surface area contributed by atoms with E-state index in [1.54, 1.807) is 0 Å². The third-order valence-electron chi connectivity index (χ3n) is 3.56. The Labute approximate surface area is 121 Å². The Hall–Kier alpha value is -2.63. The quantitative estimate of drug-likeness (QED) is 0.796. The third kappa shape index (κ3) is 2.52. The molecule has 2 heterocycles. The fourth-order valence-electron chi connectivity index (χ4n) is 2.33. The molecular formula is C15H16N4O2. The van der Waals surface area contributed by atoms with Gasteiger partial charge in [-0.25, -0.2) is 0 Å². The Morgan fingerprint density at radius 2 is 2.29 bits per heavy atom. The highest BCUT2D eigenvalue weighted by molar-refractivity contribution is 6.06. The van der Waals surface area contributed by atoms with Crippen molar-refractivity contribution in [1.82, 2.24) is 20.0 Å². The summed E-state index contributed by atoms with van der Waals surface area (Å²) >= 11 is 0. The fraction of sp³-hybridized carbons (Fsp3) is 0.267. The highest BCUT2D eigenvalue weighted by Gasteiger charge is 2.15. The van der Waals surface area contributed by atoms with Crippen molar-refractivity contribution in [1.29, 1.82) is 0 Å². The summed E-state index contributed by atoms with van der Waals surface area (Å²) < 4.78 is 6.71. The lowest BCUT2D eigenvalue weighted by Gasteiger charge is -2.10. The summed E-state index contributed by atoms with van der Waals surface area (Å²) in [7, 11) is 1.96. The molecule has 108 valence electrons. The Bertz CT molecular complexity index is 761. The van der Waals surface area contributed by atoms with Gasteiger partial charge in [-0.2, -0.15) is 4.98 Å². The molecule has 1 amide bonds. The average molecular weight is 284 g/mol. The number of carbonyl (C=O) groups is 1. The predicted octanol–water partition coefficient (Wildman–Crippen LogP) is 2.09. The Kier molecular flexibility index (Phi) is 3.43. The topological polar surface area (TPSA) is 73.0 Å². The van der Waals surface area contributed by atoms with Crippen LogP contribution in [0.25, 0.3) is 10.9 Å². The van der Waals surface area contributed by atoms with Crippen LogP contribution in [0, 0.1) is 0 Å². The van der Waals surface area contributed by atoms with Gasteiger partial charge in [-0.3, -0.25) is 4.79 Å². The largest absolute Gasteiger partial charge is 0.351 e. The first-order valence-corrected chi connectivity index (χ1v) is 6.75. The molecule has 3 aromatic rings. The molecule has 0 fully saturated rings. The molecule has 6 heteroatoms. The normalized spacial score (nSPS) is 12.5. The van der Waals surface area contributed by atoms with Crippen LogP contribution in [0.4, 0.5) is 0 Å². The summed E-state index contributed by atoms with van der Waals surface area (Å²) in [5, 5.41) is 7.65. The van der Waals surface area contributed by atoms with Crippen LogP contribution in [0.2, 0.25) is 0 Å². The standard InChI is InChI=1S/C15H16N4O2/c1-10(14-17-9-21-18-14)8-16-15(20)12-4-3-5-13-11(12)6-7-19(13)2/h3-7,9-10H,8H2,1-2H3,(H,16,20). The van der Waals surface area contributed by atoms with Crippen molar-refractivity contribution in [2.75, 3.05) is 6.54 Å². The molecule has 0 saturated carbocycles. The van der Waals surface area contributed by atoms with E-state index >= 15 is 0 Å². The second-order valence-corrected chi connectivity index (χ2v) is 5.07. The molecular weight excluding hydrogens is 268 g/mol. The van der Waals surface area contributed by atoms with E-state index in [9.17, 15) is 4.79 Å². The van der Waals surface area contributed by atoms with Crippen molar-refractivity contribution in [3.05, 3.63) is 48.2 Å². The lowest BCUT2D eigenvalue weighted by Crippen LogP contribution is -2.28. The number of nitrogens with zero attached hydrogens (tertiary/aromatic N) is 3. The molecule has 0 radical (unpaired) electrons. The van der Waals surface area contributed by atoms with Gasteiger partial charge in [-0.05, 0) is 18.2 Å². The predicted molar refractivity (Wildman–Crippen MR) is 78.0 cm³/mol. The minimum atomic E-state index is -0.0952. The number of aryl methyl sites for hydroxylation is 1. The summed E-state index contributed by atoms with van der Waals surface area (Å²) in [6.07, 6.45) is 3.24. The highest BCUT2D eigenvalue weighted by Crippen LogP contribution is 2.19. The zero-order valence-electron chi connectivity index (χ0n) is 11.9. The van der Waals surface area contributed by atoms with Crippen molar-refractivity contribution in [3.8, 4) is 0 Å². The second kappa shape index (κ2) is 5.40. The van der Waals surface area contributed by atoms with Gasteiger partial charge in [-0.15, -0.1) is 0 Å². The maximum Gasteiger partial charge on any atom is 0.251 e. The molecule has 3 rings (SSSR count). The van der Waals surface area contributed by atoms with Crippen molar-refractivity contribution < 1.29 is 9.32 Å². The molecule has 6 nitrogen and oxygen atoms in total. The van der Waals surface area contributed by atoms with Gasteiger partial charge in [0.05, 0.1) is 0 Å². The van der Waals surface area contributed by atoms with Crippen LogP contribution in [0.3, 0.4) is 0 Å². The van der Waals surface area contributed by atoms with E-state index in [-0.39, 0.29) is 11.8 Å². The highest BCUT2D eigenvalue weighted by atomic mass is 16.5. The van der Waals surface area contributed by atoms with Gasteiger partial charge >= 0.3 is 0 Å². The second-order valence-electron chi connectivity index (χ2n) is 5.07. The molecule has 0 aliphatic rings. The first-order valence-electron chi connectivity index (χ1n) is 6.75. The summed E-state index contributed by atoms with van der Waals surface area (Å²) in [4.78, 5) is 16.3. The zero-order valence-corrected chi connectivity index (χ0v) is 11.9. The molecule has 0 bridgehead atoms. The van der Waals surface area contributed by atoms with Gasteiger partial charge in [0.15, 0.2) is 5.82 Å². The average Bonchev–Trinajstić information content (AvgIpc) is 3.14. The van der Waals surface area contributed by atoms with E-state index in [0.29, 0.717) is 17.9 Å². The Morgan fingerprint density at radius 1 is 1.43 bits per heavy atom. The summed E-state index contributed by atoms with van der Waals surface area (Å²) in [6, 6.07) is 7.66. The first kappa shape index (κ1) is 13.4. The van der Waals surface area contributed by atoms with Crippen LogP contribution in [-0.4, -0.2) is 27.2 Å². The van der Waals surface area contributed by atoms with Gasteiger partial charge in [0.2, 0.25) is 6.39 Å². The third-order valence-corrected chi connectivity index (χ3v) is 3.56. The van der Waals surface area contributed by atoms with Crippen LogP contribution in [0.15, 0.2) is 41.4 Å². The van der Waals surface area contributed by atoms with E-state index < -0.39 is 0 Å². The maximum absolute atomic E-state index is 12.4. The minimum Gasteiger partial charge on any atom is -0.351 e. The summed E-state index contributed by atoms with van der Waals surface area (Å²) in [6.45, 7) is 2.40. The number of nitrogens with one attached hydrogen (secondary N) is 1. The number of fused-ring (bicyclic) bond motifs is 1. The van der Waals surface area contributed by atoms with Gasteiger partial charge in [0, 0.05) is 42.2 Å². The molecule has 1 aromatic carbocycles. The van der Waals surface area contributed by atoms with Gasteiger partial charge < -0.3 is 14.4 Å². The molecule has 0 aliphatic heterocycles. The van der Waals surface area contributed by atoms with E-state index in [4.69, 9.17) is 4.52 Å². The Balaban J connectivity index is 1.75. The zero-order chi connectivity index (χ0) is 14.8. The van der Waals surface area contributed by atoms with Crippen molar-refractivity contribution in [3.63, 3.8) is 0 Å². The number of carbonyl (C=O) groups excluding carboxylic acids is 1. The van der Waals surface area contributed by atoms with E-state index in [1.807, 2.05) is 49.0 Å². The van der Waals surface area contributed by atoms with E-state index in [0.717, 1.165) is 10.9 Å². The van der Waals surface area contributed by atoms with Gasteiger partial charge in [0.1, 0.15) is 0 Å². The van der Waals surface area contributed by atoms with Gasteiger partial charge in [0.25, 0.3) is 5.91 Å². The van der Waals surface area contributed by atoms with Gasteiger partial charge in [-0.1, -0.05) is 18.1 Å². The van der Waals surface area contributed by atoms with Crippen molar-refractivity contribution in [2.45, 2.75) is 12.8 Å². The summed E-state index contributed by atoms with van der Waals surface area (Å²) in [5.74, 6) is 0.498. The fourth-order valence-corrected chi connectivity index (χ4v) is 2.33. The van der Waals surface area contributed by atoms with Crippen molar-refractivity contribution >= 4 is 16.8 Å². The van der Waals surface area contributed by atoms with Crippen LogP contribution in [0.5, 0.6) is 0 Å². The van der Waals surface area contributed by atoms with Crippen LogP contribution < -0.4 is 5.32 Å². The van der Waals surface area contributed by atoms with Crippen LogP contribution in [-0.2, 0) is 7.05 Å². The smallest absolute Gasteiger partial charge is 0.251 e. The molecule has 0 spiro atoms. The summed E-state index contributed by atoms with van der Waals surface area (Å²) in [5.41, 5.74) is 1.71. The molecule has 1 atom stereocenters. The maximum atomic E-state index is 12.4. The molecule has 0 aliphatic carbocycles. The number of rotatable bonds is 4. The van der Waals surface area contributed by atoms with Crippen molar-refractivity contribution in [2.24, 2.45) is 7.05 Å². The van der Waals surface area contributed by atoms with Crippen LogP contribution >= 0.6 is 0 Å². The lowest BCUT2D eigenvalue weighted by atomic mass is 10.1. The number of benzene rings is 1. The molecule has 0 saturated heterocycles. The first-order chi connectivity index (χ1) is 10.2. The molecule has 1 N–H and O–H groups in total. The van der Waals surface area contributed by atoms with Crippen LogP contribution in [0.1, 0.15) is 29.0 Å². The number of aromatic nitrogens is 3. The SMILES string of the molecule is CC(CNC(=O)c1cccc2c1ccn2C)c1ncon1. The molecule has 2 aromatic heterocycles. The molecule has 1 unspecified atom stereocenters. The number of hydrogen-bond donors (Lipinski definition) is 1. The van der Waals surface area contributed by atoms with E-state index in [2.05, 4.69) is 15.5 Å². The Morgan fingerprint density at radius 3 is 3.05 bits per heavy atom.